The van der Waals surface area contributed by atoms with Gasteiger partial charge in [0.2, 0.25) is 11.8 Å². The third kappa shape index (κ3) is 4.32. The third-order valence-electron chi connectivity index (χ3n) is 4.06. The van der Waals surface area contributed by atoms with Gasteiger partial charge in [0, 0.05) is 38.2 Å². The summed E-state index contributed by atoms with van der Waals surface area (Å²) in [5.41, 5.74) is 2.10. The van der Waals surface area contributed by atoms with Gasteiger partial charge in [-0.25, -0.2) is 0 Å². The standard InChI is InChI=1S/C16H26N4O2/c1-12-10-13(2)20(18-12)14(3)11-17-15(21)6-4-8-19-9-5-7-16(19)22/h10,14H,4-9,11H2,1-3H3,(H,17,21)/t14-/m0/s1. The van der Waals surface area contributed by atoms with Crippen molar-refractivity contribution in [3.05, 3.63) is 17.5 Å². The number of carbonyl (C=O) groups is 2. The van der Waals surface area contributed by atoms with E-state index in [9.17, 15) is 9.59 Å². The highest BCUT2D eigenvalue weighted by atomic mass is 16.2. The average molecular weight is 306 g/mol. The van der Waals surface area contributed by atoms with Crippen LogP contribution < -0.4 is 5.32 Å². The van der Waals surface area contributed by atoms with E-state index < -0.39 is 0 Å². The first-order valence-electron chi connectivity index (χ1n) is 8.04. The molecule has 0 spiro atoms. The van der Waals surface area contributed by atoms with Gasteiger partial charge < -0.3 is 10.2 Å². The molecule has 2 heterocycles. The molecule has 6 heteroatoms. The van der Waals surface area contributed by atoms with E-state index >= 15 is 0 Å². The Morgan fingerprint density at radius 1 is 1.45 bits per heavy atom. The summed E-state index contributed by atoms with van der Waals surface area (Å²) in [4.78, 5) is 25.2. The zero-order valence-corrected chi connectivity index (χ0v) is 13.8. The molecule has 122 valence electrons. The molecule has 0 aromatic carbocycles. The van der Waals surface area contributed by atoms with E-state index in [-0.39, 0.29) is 17.9 Å². The Morgan fingerprint density at radius 2 is 2.23 bits per heavy atom. The fraction of sp³-hybridized carbons (Fsp3) is 0.688. The van der Waals surface area contributed by atoms with Crippen molar-refractivity contribution in [2.75, 3.05) is 19.6 Å². The van der Waals surface area contributed by atoms with Crippen molar-refractivity contribution < 1.29 is 9.59 Å². The van der Waals surface area contributed by atoms with E-state index in [1.165, 1.54) is 0 Å². The molecule has 1 saturated heterocycles. The molecule has 1 atom stereocenters. The Labute approximate surface area is 131 Å². The summed E-state index contributed by atoms with van der Waals surface area (Å²) in [5.74, 6) is 0.263. The molecule has 1 N–H and O–H groups in total. The molecular formula is C16H26N4O2. The molecule has 1 aromatic heterocycles. The van der Waals surface area contributed by atoms with Gasteiger partial charge in [-0.3, -0.25) is 14.3 Å². The number of amides is 2. The minimum absolute atomic E-state index is 0.0417. The largest absolute Gasteiger partial charge is 0.354 e. The van der Waals surface area contributed by atoms with Gasteiger partial charge in [0.1, 0.15) is 0 Å². The number of nitrogens with one attached hydrogen (secondary N) is 1. The number of rotatable bonds is 7. The molecule has 0 unspecified atom stereocenters. The van der Waals surface area contributed by atoms with Crippen LogP contribution in [0.3, 0.4) is 0 Å². The first-order chi connectivity index (χ1) is 10.5. The number of likely N-dealkylation sites (tertiary alicyclic amines) is 1. The highest BCUT2D eigenvalue weighted by molar-refractivity contribution is 5.78. The van der Waals surface area contributed by atoms with Crippen LogP contribution in [-0.4, -0.2) is 46.1 Å². The minimum atomic E-state index is 0.0417. The summed E-state index contributed by atoms with van der Waals surface area (Å²) in [5, 5.41) is 7.38. The number of aromatic nitrogens is 2. The summed E-state index contributed by atoms with van der Waals surface area (Å²) in [6.07, 6.45) is 2.80. The Hall–Kier alpha value is -1.85. The third-order valence-corrected chi connectivity index (χ3v) is 4.06. The summed E-state index contributed by atoms with van der Waals surface area (Å²) in [6.45, 7) is 8.14. The van der Waals surface area contributed by atoms with Gasteiger partial charge in [0.25, 0.3) is 0 Å². The molecule has 6 nitrogen and oxygen atoms in total. The Bertz CT molecular complexity index is 538. The van der Waals surface area contributed by atoms with E-state index in [0.29, 0.717) is 25.9 Å². The fourth-order valence-electron chi connectivity index (χ4n) is 2.90. The maximum Gasteiger partial charge on any atom is 0.222 e. The average Bonchev–Trinajstić information content (AvgIpc) is 3.02. The van der Waals surface area contributed by atoms with Crippen molar-refractivity contribution in [3.8, 4) is 0 Å². The quantitative estimate of drug-likeness (QED) is 0.831. The van der Waals surface area contributed by atoms with Gasteiger partial charge in [-0.2, -0.15) is 5.10 Å². The van der Waals surface area contributed by atoms with Crippen LogP contribution >= 0.6 is 0 Å². The fourth-order valence-corrected chi connectivity index (χ4v) is 2.90. The van der Waals surface area contributed by atoms with Crippen LogP contribution in [0.5, 0.6) is 0 Å². The lowest BCUT2D eigenvalue weighted by Crippen LogP contribution is -2.31. The summed E-state index contributed by atoms with van der Waals surface area (Å²) >= 11 is 0. The second-order valence-electron chi connectivity index (χ2n) is 6.11. The summed E-state index contributed by atoms with van der Waals surface area (Å²) < 4.78 is 1.94. The van der Waals surface area contributed by atoms with E-state index in [1.807, 2.05) is 36.4 Å². The Balaban J connectivity index is 1.67. The van der Waals surface area contributed by atoms with Crippen molar-refractivity contribution in [2.24, 2.45) is 0 Å². The van der Waals surface area contributed by atoms with E-state index in [4.69, 9.17) is 0 Å². The zero-order valence-electron chi connectivity index (χ0n) is 13.8. The predicted octanol–water partition coefficient (Wildman–Crippen LogP) is 1.58. The van der Waals surface area contributed by atoms with Crippen LogP contribution in [0.1, 0.15) is 50.0 Å². The first-order valence-corrected chi connectivity index (χ1v) is 8.04. The Morgan fingerprint density at radius 3 is 2.82 bits per heavy atom. The molecule has 2 rings (SSSR count). The topological polar surface area (TPSA) is 67.2 Å². The maximum absolute atomic E-state index is 11.9. The van der Waals surface area contributed by atoms with Crippen LogP contribution in [-0.2, 0) is 9.59 Å². The second-order valence-corrected chi connectivity index (χ2v) is 6.11. The van der Waals surface area contributed by atoms with E-state index in [1.54, 1.807) is 0 Å². The van der Waals surface area contributed by atoms with Gasteiger partial charge in [0.15, 0.2) is 0 Å². The van der Waals surface area contributed by atoms with Gasteiger partial charge in [-0.15, -0.1) is 0 Å². The van der Waals surface area contributed by atoms with Crippen LogP contribution in [0, 0.1) is 13.8 Å². The lowest BCUT2D eigenvalue weighted by molar-refractivity contribution is -0.128. The zero-order chi connectivity index (χ0) is 16.1. The van der Waals surface area contributed by atoms with E-state index in [0.717, 1.165) is 30.8 Å². The Kier molecular flexibility index (Phi) is 5.57. The molecule has 1 fully saturated rings. The minimum Gasteiger partial charge on any atom is -0.354 e. The lowest BCUT2D eigenvalue weighted by atomic mass is 10.2. The molecule has 1 aliphatic heterocycles. The highest BCUT2D eigenvalue weighted by Gasteiger charge is 2.19. The van der Waals surface area contributed by atoms with Crippen LogP contribution in [0.4, 0.5) is 0 Å². The van der Waals surface area contributed by atoms with Crippen LogP contribution in [0.2, 0.25) is 0 Å². The number of aryl methyl sites for hydroxylation is 2. The highest BCUT2D eigenvalue weighted by Crippen LogP contribution is 2.11. The first kappa shape index (κ1) is 16.5. The molecule has 1 aromatic rings. The maximum atomic E-state index is 11.9. The van der Waals surface area contributed by atoms with Gasteiger partial charge in [-0.05, 0) is 39.7 Å². The van der Waals surface area contributed by atoms with Crippen LogP contribution in [0.15, 0.2) is 6.07 Å². The summed E-state index contributed by atoms with van der Waals surface area (Å²) in [7, 11) is 0. The number of hydrogen-bond donors (Lipinski definition) is 1. The molecule has 0 aliphatic carbocycles. The number of carbonyl (C=O) groups excluding carboxylic acids is 2. The van der Waals surface area contributed by atoms with E-state index in [2.05, 4.69) is 10.4 Å². The van der Waals surface area contributed by atoms with Gasteiger partial charge in [-0.1, -0.05) is 0 Å². The SMILES string of the molecule is Cc1cc(C)n([C@@H](C)CNC(=O)CCCN2CCCC2=O)n1. The van der Waals surface area contributed by atoms with Crippen molar-refractivity contribution in [1.82, 2.24) is 20.0 Å². The van der Waals surface area contributed by atoms with Gasteiger partial charge >= 0.3 is 0 Å². The van der Waals surface area contributed by atoms with Crippen molar-refractivity contribution in [3.63, 3.8) is 0 Å². The molecule has 2 amide bonds. The molecule has 0 saturated carbocycles. The van der Waals surface area contributed by atoms with Crippen LogP contribution in [0.25, 0.3) is 0 Å². The lowest BCUT2D eigenvalue weighted by Gasteiger charge is -2.16. The van der Waals surface area contributed by atoms with Crippen molar-refractivity contribution in [2.45, 2.75) is 52.5 Å². The number of nitrogens with zero attached hydrogens (tertiary/aromatic N) is 3. The molecule has 0 bridgehead atoms. The predicted molar refractivity (Wildman–Crippen MR) is 84.5 cm³/mol. The second kappa shape index (κ2) is 7.42. The smallest absolute Gasteiger partial charge is 0.222 e. The van der Waals surface area contributed by atoms with Crippen molar-refractivity contribution in [1.29, 1.82) is 0 Å². The van der Waals surface area contributed by atoms with Crippen molar-refractivity contribution >= 4 is 11.8 Å². The normalized spacial score (nSPS) is 16.1. The molecule has 0 radical (unpaired) electrons. The molecule has 1 aliphatic rings. The molecule has 22 heavy (non-hydrogen) atoms. The van der Waals surface area contributed by atoms with Gasteiger partial charge in [0.05, 0.1) is 11.7 Å². The summed E-state index contributed by atoms with van der Waals surface area (Å²) in [6, 6.07) is 2.17. The molecular weight excluding hydrogens is 280 g/mol. The monoisotopic (exact) mass is 306 g/mol. The number of hydrogen-bond acceptors (Lipinski definition) is 3.